The number of nitrogens with one attached hydrogen (secondary N) is 1. The average Bonchev–Trinajstić information content (AvgIpc) is 2.51. The quantitative estimate of drug-likeness (QED) is 0.763. The molecule has 0 fully saturated rings. The van der Waals surface area contributed by atoms with Gasteiger partial charge < -0.3 is 5.32 Å². The average molecular weight is 334 g/mol. The van der Waals surface area contributed by atoms with Gasteiger partial charge in [0.05, 0.1) is 0 Å². The predicted molar refractivity (Wildman–Crippen MR) is 100 cm³/mol. The molecule has 22 heavy (non-hydrogen) atoms. The molecule has 1 amide bonds. The van der Waals surface area contributed by atoms with Crippen LogP contribution in [0.1, 0.15) is 18.1 Å². The van der Waals surface area contributed by atoms with Crippen LogP contribution in [0.5, 0.6) is 0 Å². The zero-order valence-electron chi connectivity index (χ0n) is 13.8. The summed E-state index contributed by atoms with van der Waals surface area (Å²) in [6.07, 6.45) is 4.13. The fourth-order valence-corrected chi connectivity index (χ4v) is 2.91. The van der Waals surface area contributed by atoms with Crippen LogP contribution in [0, 0.1) is 13.8 Å². The second kappa shape index (κ2) is 9.59. The minimum Gasteiger partial charge on any atom is -0.326 e. The SMILES string of the molecule is CSc1ccc(NC(C)=O)cc1.CSc1cccc(C)c1C. The van der Waals surface area contributed by atoms with Gasteiger partial charge in [-0.25, -0.2) is 0 Å². The van der Waals surface area contributed by atoms with Gasteiger partial charge in [-0.1, -0.05) is 12.1 Å². The molecular formula is C18H23NOS2. The van der Waals surface area contributed by atoms with Crippen molar-refractivity contribution in [2.24, 2.45) is 0 Å². The normalized spacial score (nSPS) is 9.68. The van der Waals surface area contributed by atoms with E-state index in [0.29, 0.717) is 0 Å². The molecule has 0 saturated carbocycles. The van der Waals surface area contributed by atoms with E-state index in [2.05, 4.69) is 43.6 Å². The van der Waals surface area contributed by atoms with Crippen molar-refractivity contribution in [3.05, 3.63) is 53.6 Å². The topological polar surface area (TPSA) is 29.1 Å². The maximum Gasteiger partial charge on any atom is 0.221 e. The van der Waals surface area contributed by atoms with Crippen LogP contribution in [-0.2, 0) is 4.79 Å². The summed E-state index contributed by atoms with van der Waals surface area (Å²) in [6, 6.07) is 14.2. The van der Waals surface area contributed by atoms with Gasteiger partial charge in [0.15, 0.2) is 0 Å². The van der Waals surface area contributed by atoms with E-state index in [4.69, 9.17) is 0 Å². The minimum absolute atomic E-state index is 0.0353. The Hall–Kier alpha value is -1.39. The molecule has 118 valence electrons. The lowest BCUT2D eigenvalue weighted by Gasteiger charge is -2.03. The first-order valence-electron chi connectivity index (χ1n) is 6.99. The minimum atomic E-state index is -0.0353. The Morgan fingerprint density at radius 1 is 0.955 bits per heavy atom. The summed E-state index contributed by atoms with van der Waals surface area (Å²) in [5.41, 5.74) is 3.64. The van der Waals surface area contributed by atoms with E-state index in [-0.39, 0.29) is 5.91 Å². The van der Waals surface area contributed by atoms with Crippen LogP contribution in [0.15, 0.2) is 52.3 Å². The van der Waals surface area contributed by atoms with Crippen LogP contribution in [0.3, 0.4) is 0 Å². The Kier molecular flexibility index (Phi) is 8.13. The highest BCUT2D eigenvalue weighted by Crippen LogP contribution is 2.21. The maximum atomic E-state index is 10.7. The molecule has 0 spiro atoms. The number of carbonyl (C=O) groups excluding carboxylic acids is 1. The summed E-state index contributed by atoms with van der Waals surface area (Å²) in [6.45, 7) is 5.82. The van der Waals surface area contributed by atoms with E-state index in [1.54, 1.807) is 11.8 Å². The Bertz CT molecular complexity index is 609. The number of aryl methyl sites for hydroxylation is 1. The largest absolute Gasteiger partial charge is 0.326 e. The molecule has 2 rings (SSSR count). The predicted octanol–water partition coefficient (Wildman–Crippen LogP) is 5.39. The number of anilines is 1. The van der Waals surface area contributed by atoms with E-state index in [0.717, 1.165) is 5.69 Å². The van der Waals surface area contributed by atoms with Crippen LogP contribution in [0.4, 0.5) is 5.69 Å². The highest BCUT2D eigenvalue weighted by atomic mass is 32.2. The Morgan fingerprint density at radius 2 is 1.59 bits per heavy atom. The zero-order valence-corrected chi connectivity index (χ0v) is 15.4. The van der Waals surface area contributed by atoms with E-state index in [9.17, 15) is 4.79 Å². The van der Waals surface area contributed by atoms with Crippen LogP contribution >= 0.6 is 23.5 Å². The van der Waals surface area contributed by atoms with Crippen LogP contribution in [0.2, 0.25) is 0 Å². The number of hydrogen-bond acceptors (Lipinski definition) is 3. The summed E-state index contributed by atoms with van der Waals surface area (Å²) in [5.74, 6) is -0.0353. The maximum absolute atomic E-state index is 10.7. The Labute approximate surface area is 142 Å². The van der Waals surface area contributed by atoms with Gasteiger partial charge in [0.1, 0.15) is 0 Å². The summed E-state index contributed by atoms with van der Waals surface area (Å²) >= 11 is 3.49. The van der Waals surface area contributed by atoms with Crippen molar-refractivity contribution in [3.63, 3.8) is 0 Å². The Balaban J connectivity index is 0.000000224. The molecule has 4 heteroatoms. The second-order valence-electron chi connectivity index (χ2n) is 4.81. The molecular weight excluding hydrogens is 310 g/mol. The highest BCUT2D eigenvalue weighted by Gasteiger charge is 1.96. The van der Waals surface area contributed by atoms with Crippen molar-refractivity contribution in [3.8, 4) is 0 Å². The summed E-state index contributed by atoms with van der Waals surface area (Å²) in [4.78, 5) is 13.2. The molecule has 2 aromatic rings. The molecule has 0 unspecified atom stereocenters. The highest BCUT2D eigenvalue weighted by molar-refractivity contribution is 7.98. The van der Waals surface area contributed by atoms with Crippen LogP contribution < -0.4 is 5.32 Å². The van der Waals surface area contributed by atoms with Gasteiger partial charge in [-0.05, 0) is 67.8 Å². The van der Waals surface area contributed by atoms with Gasteiger partial charge in [0.2, 0.25) is 5.91 Å². The molecule has 0 atom stereocenters. The monoisotopic (exact) mass is 333 g/mol. The van der Waals surface area contributed by atoms with Crippen molar-refractivity contribution in [1.82, 2.24) is 0 Å². The van der Waals surface area contributed by atoms with Gasteiger partial charge in [-0.3, -0.25) is 4.79 Å². The van der Waals surface area contributed by atoms with E-state index in [1.165, 1.54) is 27.8 Å². The molecule has 0 saturated heterocycles. The molecule has 2 aromatic carbocycles. The summed E-state index contributed by atoms with van der Waals surface area (Å²) in [7, 11) is 0. The third-order valence-corrected chi connectivity index (χ3v) is 4.81. The van der Waals surface area contributed by atoms with Crippen molar-refractivity contribution < 1.29 is 4.79 Å². The first kappa shape index (κ1) is 18.7. The zero-order chi connectivity index (χ0) is 16.5. The van der Waals surface area contributed by atoms with E-state index >= 15 is 0 Å². The third-order valence-electron chi connectivity index (χ3n) is 3.19. The molecule has 2 nitrogen and oxygen atoms in total. The fourth-order valence-electron chi connectivity index (χ4n) is 1.82. The molecule has 0 bridgehead atoms. The number of rotatable bonds is 3. The summed E-state index contributed by atoms with van der Waals surface area (Å²) < 4.78 is 0. The molecule has 0 aromatic heterocycles. The molecule has 0 aliphatic heterocycles. The van der Waals surface area contributed by atoms with Crippen molar-refractivity contribution in [2.75, 3.05) is 17.8 Å². The first-order chi connectivity index (χ1) is 10.5. The van der Waals surface area contributed by atoms with Gasteiger partial charge in [0, 0.05) is 22.4 Å². The Morgan fingerprint density at radius 3 is 2.05 bits per heavy atom. The van der Waals surface area contributed by atoms with Crippen LogP contribution in [0.25, 0.3) is 0 Å². The lowest BCUT2D eigenvalue weighted by molar-refractivity contribution is -0.114. The van der Waals surface area contributed by atoms with Crippen LogP contribution in [-0.4, -0.2) is 18.4 Å². The molecule has 0 aliphatic rings. The lowest BCUT2D eigenvalue weighted by Crippen LogP contribution is -2.05. The molecule has 0 heterocycles. The molecule has 1 N–H and O–H groups in total. The van der Waals surface area contributed by atoms with Crippen molar-refractivity contribution in [1.29, 1.82) is 0 Å². The number of thioether (sulfide) groups is 2. The van der Waals surface area contributed by atoms with Crippen molar-refractivity contribution >= 4 is 35.1 Å². The smallest absolute Gasteiger partial charge is 0.221 e. The van der Waals surface area contributed by atoms with E-state index < -0.39 is 0 Å². The summed E-state index contributed by atoms with van der Waals surface area (Å²) in [5, 5.41) is 2.71. The van der Waals surface area contributed by atoms with Gasteiger partial charge in [0.25, 0.3) is 0 Å². The van der Waals surface area contributed by atoms with Gasteiger partial charge in [-0.2, -0.15) is 0 Å². The van der Waals surface area contributed by atoms with Crippen molar-refractivity contribution in [2.45, 2.75) is 30.6 Å². The molecule has 0 aliphatic carbocycles. The number of hydrogen-bond donors (Lipinski definition) is 1. The lowest BCUT2D eigenvalue weighted by atomic mass is 10.1. The number of benzene rings is 2. The van der Waals surface area contributed by atoms with Gasteiger partial charge in [-0.15, -0.1) is 23.5 Å². The fraction of sp³-hybridized carbons (Fsp3) is 0.278. The second-order valence-corrected chi connectivity index (χ2v) is 6.54. The number of amides is 1. The number of carbonyl (C=O) groups is 1. The van der Waals surface area contributed by atoms with Gasteiger partial charge >= 0.3 is 0 Å². The van der Waals surface area contributed by atoms with E-state index in [1.807, 2.05) is 42.3 Å². The first-order valence-corrected chi connectivity index (χ1v) is 9.44. The standard InChI is InChI=1S/C9H11NOS.C9H12S/c1-7(11)10-8-3-5-9(12-2)6-4-8;1-7-5-4-6-9(10-3)8(7)2/h3-6H,1-2H3,(H,10,11);4-6H,1-3H3. The molecule has 0 radical (unpaired) electrons. The third kappa shape index (κ3) is 6.16.